The van der Waals surface area contributed by atoms with Crippen LogP contribution in [0.25, 0.3) is 0 Å². The Morgan fingerprint density at radius 1 is 0.492 bits per heavy atom. The van der Waals surface area contributed by atoms with Gasteiger partial charge in [-0.1, -0.05) is 223 Å². The molecule has 0 spiro atoms. The zero-order chi connectivity index (χ0) is 43.1. The van der Waals surface area contributed by atoms with Crippen molar-refractivity contribution in [1.29, 1.82) is 0 Å². The molecule has 0 aromatic heterocycles. The minimum Gasteiger partial charge on any atom is -0.462 e. The Balaban J connectivity index is 4.59. The highest BCUT2D eigenvalue weighted by Crippen LogP contribution is 2.18. The molecule has 0 saturated heterocycles. The predicted octanol–water partition coefficient (Wildman–Crippen LogP) is 15.1. The second kappa shape index (κ2) is 46.9. The summed E-state index contributed by atoms with van der Waals surface area (Å²) >= 11 is 0. The van der Waals surface area contributed by atoms with E-state index in [1.54, 1.807) is 0 Å². The lowest BCUT2D eigenvalue weighted by Gasteiger charge is -2.24. The van der Waals surface area contributed by atoms with Crippen LogP contribution < -0.4 is 5.32 Å². The third-order valence-electron chi connectivity index (χ3n) is 11.4. The van der Waals surface area contributed by atoms with Gasteiger partial charge in [0.1, 0.15) is 6.10 Å². The summed E-state index contributed by atoms with van der Waals surface area (Å²) in [5, 5.41) is 23.7. The summed E-state index contributed by atoms with van der Waals surface area (Å²) in [6, 6.07) is -0.709. The van der Waals surface area contributed by atoms with Crippen molar-refractivity contribution < 1.29 is 24.5 Å². The van der Waals surface area contributed by atoms with Crippen LogP contribution in [0.3, 0.4) is 0 Å². The van der Waals surface area contributed by atoms with Crippen LogP contribution >= 0.6 is 0 Å². The van der Waals surface area contributed by atoms with Crippen molar-refractivity contribution >= 4 is 11.9 Å². The number of rotatable bonds is 45. The molecule has 0 bridgehead atoms. The van der Waals surface area contributed by atoms with Crippen LogP contribution in [-0.4, -0.2) is 46.9 Å². The van der Waals surface area contributed by atoms with E-state index in [0.29, 0.717) is 25.7 Å². The van der Waals surface area contributed by atoms with Gasteiger partial charge in [0.2, 0.25) is 5.91 Å². The van der Waals surface area contributed by atoms with Crippen LogP contribution in [-0.2, 0) is 14.3 Å². The maximum absolute atomic E-state index is 13.2. The van der Waals surface area contributed by atoms with E-state index in [1.807, 2.05) is 0 Å². The highest BCUT2D eigenvalue weighted by atomic mass is 16.5. The first-order valence-corrected chi connectivity index (χ1v) is 25.4. The predicted molar refractivity (Wildman–Crippen MR) is 255 cm³/mol. The number of unbranched alkanes of at least 4 members (excludes halogenated alkanes) is 25. The first-order valence-electron chi connectivity index (χ1n) is 25.4. The first-order chi connectivity index (χ1) is 29.0. The molecule has 0 aromatic rings. The molecule has 6 heteroatoms. The molecule has 3 N–H and O–H groups in total. The summed E-state index contributed by atoms with van der Waals surface area (Å²) in [4.78, 5) is 26.0. The molecule has 0 aromatic carbocycles. The number of hydrogen-bond acceptors (Lipinski definition) is 5. The fourth-order valence-electron chi connectivity index (χ4n) is 7.54. The number of ether oxygens (including phenoxy) is 1. The van der Waals surface area contributed by atoms with E-state index in [9.17, 15) is 19.8 Å². The van der Waals surface area contributed by atoms with Crippen molar-refractivity contribution in [1.82, 2.24) is 5.32 Å². The smallest absolute Gasteiger partial charge is 0.306 e. The standard InChI is InChI=1S/C53H97NO5/c1-4-7-10-13-16-19-22-24-25-26-27-29-31-34-37-40-43-46-53(58)59-49(44-41-38-35-32-21-18-15-12-9-6-3)47-52(57)54-50(48-55)51(56)45-42-39-36-33-30-28-23-20-17-14-11-8-5-2/h16,19,24-25,27,29,34,37,49-51,55-56H,4-15,17-18,20-23,26,28,30-33,35-36,38-48H2,1-3H3,(H,54,57)/b19-16-,25-24-,29-27-,37-34-. The molecule has 0 aliphatic carbocycles. The maximum Gasteiger partial charge on any atom is 0.306 e. The number of hydrogen-bond donors (Lipinski definition) is 3. The third kappa shape index (κ3) is 42.3. The van der Waals surface area contributed by atoms with Crippen LogP contribution in [0, 0.1) is 0 Å². The van der Waals surface area contributed by atoms with Gasteiger partial charge in [-0.15, -0.1) is 0 Å². The molecule has 1 amide bonds. The first kappa shape index (κ1) is 56.8. The van der Waals surface area contributed by atoms with Gasteiger partial charge in [0.15, 0.2) is 0 Å². The molecule has 6 nitrogen and oxygen atoms in total. The Hall–Kier alpha value is -2.18. The summed E-state index contributed by atoms with van der Waals surface area (Å²) in [6.07, 6.45) is 56.0. The fraction of sp³-hybridized carbons (Fsp3) is 0.811. The lowest BCUT2D eigenvalue weighted by atomic mass is 10.0. The Morgan fingerprint density at radius 3 is 1.31 bits per heavy atom. The van der Waals surface area contributed by atoms with Crippen LogP contribution in [0.15, 0.2) is 48.6 Å². The van der Waals surface area contributed by atoms with Gasteiger partial charge < -0.3 is 20.3 Å². The molecule has 0 radical (unpaired) electrons. The molecule has 0 saturated carbocycles. The van der Waals surface area contributed by atoms with E-state index >= 15 is 0 Å². The Morgan fingerprint density at radius 2 is 0.864 bits per heavy atom. The lowest BCUT2D eigenvalue weighted by Crippen LogP contribution is -2.46. The van der Waals surface area contributed by atoms with E-state index in [1.165, 1.54) is 135 Å². The van der Waals surface area contributed by atoms with Gasteiger partial charge in [0.25, 0.3) is 0 Å². The maximum atomic E-state index is 13.2. The zero-order valence-electron chi connectivity index (χ0n) is 39.1. The Kier molecular flexibility index (Phi) is 45.1. The lowest BCUT2D eigenvalue weighted by molar-refractivity contribution is -0.151. The normalized spacial score (nSPS) is 13.6. The molecular weight excluding hydrogens is 731 g/mol. The van der Waals surface area contributed by atoms with E-state index in [2.05, 4.69) is 74.7 Å². The topological polar surface area (TPSA) is 95.9 Å². The second-order valence-corrected chi connectivity index (χ2v) is 17.2. The number of aliphatic hydroxyl groups is 2. The number of aliphatic hydroxyl groups excluding tert-OH is 2. The molecule has 59 heavy (non-hydrogen) atoms. The van der Waals surface area contributed by atoms with Crippen LogP contribution in [0.5, 0.6) is 0 Å². The molecule has 3 unspecified atom stereocenters. The van der Waals surface area contributed by atoms with Gasteiger partial charge in [-0.3, -0.25) is 9.59 Å². The van der Waals surface area contributed by atoms with Gasteiger partial charge in [-0.25, -0.2) is 0 Å². The van der Waals surface area contributed by atoms with Gasteiger partial charge in [0.05, 0.1) is 25.2 Å². The molecule has 0 fully saturated rings. The van der Waals surface area contributed by atoms with E-state index in [0.717, 1.165) is 64.2 Å². The van der Waals surface area contributed by atoms with Gasteiger partial charge >= 0.3 is 5.97 Å². The summed E-state index contributed by atoms with van der Waals surface area (Å²) in [6.45, 7) is 6.44. The number of allylic oxidation sites excluding steroid dienone is 8. The summed E-state index contributed by atoms with van der Waals surface area (Å²) in [5.74, 6) is -0.536. The van der Waals surface area contributed by atoms with Crippen molar-refractivity contribution in [3.63, 3.8) is 0 Å². The highest BCUT2D eigenvalue weighted by molar-refractivity contribution is 5.77. The van der Waals surface area contributed by atoms with Crippen molar-refractivity contribution in [3.05, 3.63) is 48.6 Å². The van der Waals surface area contributed by atoms with E-state index in [4.69, 9.17) is 4.74 Å². The number of nitrogens with one attached hydrogen (secondary N) is 1. The summed E-state index contributed by atoms with van der Waals surface area (Å²) < 4.78 is 5.89. The Bertz CT molecular complexity index is 1020. The monoisotopic (exact) mass is 828 g/mol. The van der Waals surface area contributed by atoms with Crippen molar-refractivity contribution in [2.45, 2.75) is 270 Å². The fourth-order valence-corrected chi connectivity index (χ4v) is 7.54. The van der Waals surface area contributed by atoms with Crippen LogP contribution in [0.1, 0.15) is 252 Å². The van der Waals surface area contributed by atoms with Crippen LogP contribution in [0.4, 0.5) is 0 Å². The summed E-state index contributed by atoms with van der Waals surface area (Å²) in [5.41, 5.74) is 0. The van der Waals surface area contributed by atoms with Crippen molar-refractivity contribution in [2.75, 3.05) is 6.61 Å². The van der Waals surface area contributed by atoms with Gasteiger partial charge in [0, 0.05) is 6.42 Å². The molecule has 0 aliphatic heterocycles. The van der Waals surface area contributed by atoms with Gasteiger partial charge in [-0.2, -0.15) is 0 Å². The molecule has 3 atom stereocenters. The molecular formula is C53H97NO5. The summed E-state index contributed by atoms with van der Waals surface area (Å²) in [7, 11) is 0. The highest BCUT2D eigenvalue weighted by Gasteiger charge is 2.24. The number of carbonyl (C=O) groups excluding carboxylic acids is 2. The SMILES string of the molecule is CCCCC/C=C\C/C=C\C/C=C\C/C=C\CCCC(=O)OC(CCCCCCCCCCCC)CC(=O)NC(CO)C(O)CCCCCCCCCCCCCCC. The molecule has 0 rings (SSSR count). The number of esters is 1. The Labute approximate surface area is 366 Å². The molecule has 0 heterocycles. The average molecular weight is 828 g/mol. The second-order valence-electron chi connectivity index (χ2n) is 17.2. The average Bonchev–Trinajstić information content (AvgIpc) is 3.23. The number of carbonyl (C=O) groups is 2. The quantitative estimate of drug-likeness (QED) is 0.0323. The molecule has 0 aliphatic rings. The number of amides is 1. The van der Waals surface area contributed by atoms with Crippen molar-refractivity contribution in [3.8, 4) is 0 Å². The van der Waals surface area contributed by atoms with E-state index < -0.39 is 18.2 Å². The largest absolute Gasteiger partial charge is 0.462 e. The molecule has 344 valence electrons. The minimum atomic E-state index is -0.794. The zero-order valence-corrected chi connectivity index (χ0v) is 39.1. The van der Waals surface area contributed by atoms with Crippen molar-refractivity contribution in [2.24, 2.45) is 0 Å². The van der Waals surface area contributed by atoms with Crippen LogP contribution in [0.2, 0.25) is 0 Å². The van der Waals surface area contributed by atoms with E-state index in [-0.39, 0.29) is 24.9 Å². The van der Waals surface area contributed by atoms with Gasteiger partial charge in [-0.05, 0) is 64.2 Å². The third-order valence-corrected chi connectivity index (χ3v) is 11.4. The minimum absolute atomic E-state index is 0.0578.